The molecule has 0 bridgehead atoms. The highest BCUT2D eigenvalue weighted by Gasteiger charge is 2.13. The van der Waals surface area contributed by atoms with E-state index in [1.165, 1.54) is 12.1 Å². The predicted molar refractivity (Wildman–Crippen MR) is 79.3 cm³/mol. The molecule has 3 rings (SSSR count). The summed E-state index contributed by atoms with van der Waals surface area (Å²) >= 11 is 0. The number of aromatic nitrogens is 5. The zero-order chi connectivity index (χ0) is 15.5. The molecule has 112 valence electrons. The Kier molecular flexibility index (Phi) is 3.65. The fourth-order valence-electron chi connectivity index (χ4n) is 2.13. The van der Waals surface area contributed by atoms with Gasteiger partial charge in [0.1, 0.15) is 11.2 Å². The number of nitrogens with one attached hydrogen (secondary N) is 2. The van der Waals surface area contributed by atoms with Gasteiger partial charge < -0.3 is 5.32 Å². The van der Waals surface area contributed by atoms with Gasteiger partial charge in [0.2, 0.25) is 0 Å². The Labute approximate surface area is 125 Å². The number of fused-ring (bicyclic) bond motifs is 1. The van der Waals surface area contributed by atoms with Crippen LogP contribution in [0.5, 0.6) is 0 Å². The van der Waals surface area contributed by atoms with Crippen molar-refractivity contribution < 1.29 is 4.79 Å². The quantitative estimate of drug-likeness (QED) is 0.722. The van der Waals surface area contributed by atoms with E-state index in [-0.39, 0.29) is 23.2 Å². The molecule has 1 amide bonds. The summed E-state index contributed by atoms with van der Waals surface area (Å²) < 4.78 is 1.74. The highest BCUT2D eigenvalue weighted by Crippen LogP contribution is 2.10. The third-order valence-electron chi connectivity index (χ3n) is 3.16. The van der Waals surface area contributed by atoms with Crippen molar-refractivity contribution in [3.05, 3.63) is 52.4 Å². The number of amides is 1. The molecule has 3 aromatic rings. The lowest BCUT2D eigenvalue weighted by Crippen LogP contribution is -2.36. The van der Waals surface area contributed by atoms with Crippen LogP contribution in [-0.2, 0) is 6.54 Å². The van der Waals surface area contributed by atoms with Gasteiger partial charge >= 0.3 is 0 Å². The van der Waals surface area contributed by atoms with E-state index < -0.39 is 0 Å². The Bertz CT molecular complexity index is 848. The van der Waals surface area contributed by atoms with Crippen molar-refractivity contribution in [1.82, 2.24) is 30.5 Å². The van der Waals surface area contributed by atoms with Crippen molar-refractivity contribution in [2.24, 2.45) is 0 Å². The number of benzene rings is 1. The largest absolute Gasteiger partial charge is 0.346 e. The van der Waals surface area contributed by atoms with Crippen LogP contribution in [-0.4, -0.2) is 37.1 Å². The van der Waals surface area contributed by atoms with E-state index in [0.29, 0.717) is 6.54 Å². The molecule has 0 aliphatic heterocycles. The topological polar surface area (TPSA) is 106 Å². The summed E-state index contributed by atoms with van der Waals surface area (Å²) in [6.07, 6.45) is 0. The second-order valence-electron chi connectivity index (χ2n) is 4.94. The Morgan fingerprint density at radius 3 is 2.91 bits per heavy atom. The van der Waals surface area contributed by atoms with E-state index in [0.717, 1.165) is 11.0 Å². The summed E-state index contributed by atoms with van der Waals surface area (Å²) in [4.78, 5) is 23.0. The average Bonchev–Trinajstić information content (AvgIpc) is 2.91. The average molecular weight is 298 g/mol. The Hall–Kier alpha value is -3.03. The summed E-state index contributed by atoms with van der Waals surface area (Å²) in [6, 6.07) is 10.1. The van der Waals surface area contributed by atoms with E-state index in [1.807, 2.05) is 31.2 Å². The number of H-pyrrole nitrogens is 1. The summed E-state index contributed by atoms with van der Waals surface area (Å²) in [7, 11) is 0. The molecule has 0 fully saturated rings. The van der Waals surface area contributed by atoms with Gasteiger partial charge in [-0.15, -0.1) is 5.10 Å². The van der Waals surface area contributed by atoms with Crippen LogP contribution in [0.1, 0.15) is 17.4 Å². The Morgan fingerprint density at radius 2 is 2.14 bits per heavy atom. The van der Waals surface area contributed by atoms with Crippen LogP contribution in [0.2, 0.25) is 0 Å². The van der Waals surface area contributed by atoms with Gasteiger partial charge in [-0.3, -0.25) is 9.59 Å². The fraction of sp³-hybridized carbons (Fsp3) is 0.214. The molecule has 8 nitrogen and oxygen atoms in total. The van der Waals surface area contributed by atoms with Crippen LogP contribution < -0.4 is 10.9 Å². The summed E-state index contributed by atoms with van der Waals surface area (Å²) in [6.45, 7) is 2.34. The van der Waals surface area contributed by atoms with Gasteiger partial charge in [0.15, 0.2) is 0 Å². The van der Waals surface area contributed by atoms with Gasteiger partial charge in [0.25, 0.3) is 11.5 Å². The molecular formula is C14H14N6O2. The third-order valence-corrected chi connectivity index (χ3v) is 3.16. The Morgan fingerprint density at radius 1 is 1.32 bits per heavy atom. The maximum atomic E-state index is 12.0. The lowest BCUT2D eigenvalue weighted by Gasteiger charge is -2.13. The second-order valence-corrected chi connectivity index (χ2v) is 4.94. The fourth-order valence-corrected chi connectivity index (χ4v) is 2.13. The lowest BCUT2D eigenvalue weighted by atomic mass is 10.2. The van der Waals surface area contributed by atoms with E-state index >= 15 is 0 Å². The summed E-state index contributed by atoms with van der Waals surface area (Å²) in [5.74, 6) is -0.354. The first kappa shape index (κ1) is 13.9. The third kappa shape index (κ3) is 2.85. The molecule has 22 heavy (non-hydrogen) atoms. The number of nitrogens with zero attached hydrogens (tertiary/aromatic N) is 4. The lowest BCUT2D eigenvalue weighted by molar-refractivity contribution is 0.0930. The first-order valence-electron chi connectivity index (χ1n) is 6.78. The van der Waals surface area contributed by atoms with Crippen molar-refractivity contribution >= 4 is 16.9 Å². The molecule has 2 N–H and O–H groups in total. The van der Waals surface area contributed by atoms with Gasteiger partial charge in [0.05, 0.1) is 12.1 Å². The Balaban J connectivity index is 1.69. The van der Waals surface area contributed by atoms with Gasteiger partial charge in [-0.2, -0.15) is 5.10 Å². The SMILES string of the molecule is C[C@@H](Cn1nnc2ccccc21)NC(=O)c1ccc(=O)[nH]n1. The van der Waals surface area contributed by atoms with Gasteiger partial charge in [0, 0.05) is 12.1 Å². The molecule has 0 saturated carbocycles. The molecule has 0 aliphatic rings. The molecule has 2 heterocycles. The molecule has 0 saturated heterocycles. The van der Waals surface area contributed by atoms with Crippen LogP contribution in [0.4, 0.5) is 0 Å². The van der Waals surface area contributed by atoms with Crippen LogP contribution in [0.15, 0.2) is 41.2 Å². The first-order chi connectivity index (χ1) is 10.6. The molecule has 0 spiro atoms. The van der Waals surface area contributed by atoms with Gasteiger partial charge in [-0.25, -0.2) is 9.78 Å². The molecular weight excluding hydrogens is 284 g/mol. The molecule has 8 heteroatoms. The molecule has 1 aromatic carbocycles. The van der Waals surface area contributed by atoms with Crippen molar-refractivity contribution in [3.63, 3.8) is 0 Å². The summed E-state index contributed by atoms with van der Waals surface area (Å²) in [5.41, 5.74) is 1.53. The number of hydrogen-bond acceptors (Lipinski definition) is 5. The van der Waals surface area contributed by atoms with Crippen LogP contribution in [0.3, 0.4) is 0 Å². The van der Waals surface area contributed by atoms with E-state index in [2.05, 4.69) is 25.8 Å². The monoisotopic (exact) mass is 298 g/mol. The van der Waals surface area contributed by atoms with Crippen LogP contribution >= 0.6 is 0 Å². The van der Waals surface area contributed by atoms with E-state index in [9.17, 15) is 9.59 Å². The predicted octanol–water partition coefficient (Wildman–Crippen LogP) is 0.333. The first-order valence-corrected chi connectivity index (χ1v) is 6.78. The minimum absolute atomic E-state index is 0.162. The summed E-state index contributed by atoms with van der Waals surface area (Å²) in [5, 5.41) is 16.9. The molecule has 0 radical (unpaired) electrons. The van der Waals surface area contributed by atoms with E-state index in [1.54, 1.807) is 4.68 Å². The maximum Gasteiger partial charge on any atom is 0.271 e. The van der Waals surface area contributed by atoms with E-state index in [4.69, 9.17) is 0 Å². The number of carbonyl (C=O) groups is 1. The zero-order valence-corrected chi connectivity index (χ0v) is 11.9. The van der Waals surface area contributed by atoms with Gasteiger partial charge in [-0.05, 0) is 25.1 Å². The van der Waals surface area contributed by atoms with Crippen molar-refractivity contribution in [2.75, 3.05) is 0 Å². The normalized spacial score (nSPS) is 12.2. The second kappa shape index (κ2) is 5.76. The molecule has 2 aromatic heterocycles. The molecule has 0 aliphatic carbocycles. The molecule has 1 atom stereocenters. The van der Waals surface area contributed by atoms with Crippen LogP contribution in [0, 0.1) is 0 Å². The van der Waals surface area contributed by atoms with Crippen molar-refractivity contribution in [2.45, 2.75) is 19.5 Å². The highest BCUT2D eigenvalue weighted by molar-refractivity contribution is 5.92. The smallest absolute Gasteiger partial charge is 0.271 e. The minimum atomic E-state index is -0.354. The van der Waals surface area contributed by atoms with Crippen LogP contribution in [0.25, 0.3) is 11.0 Å². The van der Waals surface area contributed by atoms with Crippen molar-refractivity contribution in [1.29, 1.82) is 0 Å². The number of para-hydroxylation sites is 1. The highest BCUT2D eigenvalue weighted by atomic mass is 16.2. The minimum Gasteiger partial charge on any atom is -0.346 e. The number of aromatic amines is 1. The zero-order valence-electron chi connectivity index (χ0n) is 11.9. The number of hydrogen-bond donors (Lipinski definition) is 2. The number of rotatable bonds is 4. The number of carbonyl (C=O) groups excluding carboxylic acids is 1. The standard InChI is InChI=1S/C14H14N6O2/c1-9(15-14(22)11-6-7-13(21)18-16-11)8-20-12-5-3-2-4-10(12)17-19-20/h2-7,9H,8H2,1H3,(H,15,22)(H,18,21)/t9-/m0/s1. The maximum absolute atomic E-state index is 12.0. The molecule has 0 unspecified atom stereocenters. The van der Waals surface area contributed by atoms with Gasteiger partial charge in [-0.1, -0.05) is 17.3 Å². The van der Waals surface area contributed by atoms with Crippen molar-refractivity contribution in [3.8, 4) is 0 Å².